The molecule has 138 valence electrons. The number of hydrogen-bond acceptors (Lipinski definition) is 4. The van der Waals surface area contributed by atoms with Gasteiger partial charge in [0.25, 0.3) is 0 Å². The summed E-state index contributed by atoms with van der Waals surface area (Å²) in [5, 5.41) is 7.66. The fourth-order valence-corrected chi connectivity index (χ4v) is 3.16. The molecule has 2 N–H and O–H groups in total. The van der Waals surface area contributed by atoms with E-state index in [1.54, 1.807) is 12.3 Å². The van der Waals surface area contributed by atoms with Gasteiger partial charge in [0.15, 0.2) is 17.2 Å². The third-order valence-corrected chi connectivity index (χ3v) is 4.47. The number of anilines is 2. The molecule has 4 nitrogen and oxygen atoms in total. The Labute approximate surface area is 156 Å². The van der Waals surface area contributed by atoms with E-state index in [9.17, 15) is 8.78 Å². The third-order valence-electron chi connectivity index (χ3n) is 4.47. The molecule has 1 aliphatic heterocycles. The molecule has 26 heavy (non-hydrogen) atoms. The second kappa shape index (κ2) is 7.93. The molecule has 0 atom stereocenters. The topological polar surface area (TPSA) is 40.4 Å². The maximum atomic E-state index is 13.4. The molecule has 0 bridgehead atoms. The first-order valence-corrected chi connectivity index (χ1v) is 8.35. The van der Waals surface area contributed by atoms with Crippen molar-refractivity contribution in [2.45, 2.75) is 6.54 Å². The number of nitrogens with zero attached hydrogens (tertiary/aromatic N) is 1. The number of benzene rings is 2. The quantitative estimate of drug-likeness (QED) is 0.714. The molecule has 1 fully saturated rings. The van der Waals surface area contributed by atoms with Crippen LogP contribution in [0.5, 0.6) is 0 Å². The molecule has 1 aliphatic rings. The molecular formula is C19H20ClF2N3O. The first-order chi connectivity index (χ1) is 12.2. The smallest absolute Gasteiger partial charge is 0.159 e. The normalized spacial score (nSPS) is 14.3. The van der Waals surface area contributed by atoms with E-state index in [1.807, 2.05) is 12.1 Å². The first kappa shape index (κ1) is 18.5. The second-order valence-electron chi connectivity index (χ2n) is 6.17. The van der Waals surface area contributed by atoms with Crippen LogP contribution >= 0.6 is 12.4 Å². The number of halogens is 3. The Kier molecular flexibility index (Phi) is 5.64. The highest BCUT2D eigenvalue weighted by atomic mass is 35.5. The van der Waals surface area contributed by atoms with Gasteiger partial charge >= 0.3 is 0 Å². The highest BCUT2D eigenvalue weighted by Gasteiger charge is 2.16. The molecule has 0 unspecified atom stereocenters. The fraction of sp³-hybridized carbons (Fsp3) is 0.263. The number of piperazine rings is 1. The predicted molar refractivity (Wildman–Crippen MR) is 102 cm³/mol. The summed E-state index contributed by atoms with van der Waals surface area (Å²) in [7, 11) is 0. The first-order valence-electron chi connectivity index (χ1n) is 8.35. The lowest BCUT2D eigenvalue weighted by Gasteiger charge is -2.29. The van der Waals surface area contributed by atoms with E-state index < -0.39 is 11.6 Å². The van der Waals surface area contributed by atoms with Crippen molar-refractivity contribution in [1.29, 1.82) is 0 Å². The molecule has 2 aromatic carbocycles. The lowest BCUT2D eigenvalue weighted by Crippen LogP contribution is -2.43. The van der Waals surface area contributed by atoms with Gasteiger partial charge in [0.05, 0.1) is 12.0 Å². The Morgan fingerprint density at radius 1 is 1.04 bits per heavy atom. The van der Waals surface area contributed by atoms with Crippen molar-refractivity contribution in [2.75, 3.05) is 36.4 Å². The lowest BCUT2D eigenvalue weighted by atomic mass is 10.1. The number of rotatable bonds is 4. The van der Waals surface area contributed by atoms with E-state index in [0.29, 0.717) is 12.1 Å². The van der Waals surface area contributed by atoms with Crippen LogP contribution in [0.2, 0.25) is 0 Å². The van der Waals surface area contributed by atoms with Gasteiger partial charge in [-0.3, -0.25) is 0 Å². The van der Waals surface area contributed by atoms with E-state index in [1.165, 1.54) is 6.07 Å². The molecule has 0 aliphatic carbocycles. The largest absolute Gasteiger partial charge is 0.462 e. The van der Waals surface area contributed by atoms with Crippen molar-refractivity contribution in [3.8, 4) is 0 Å². The van der Waals surface area contributed by atoms with Gasteiger partial charge in [0.1, 0.15) is 0 Å². The molecular weight excluding hydrogens is 360 g/mol. The molecule has 4 rings (SSSR count). The minimum Gasteiger partial charge on any atom is -0.462 e. The van der Waals surface area contributed by atoms with Crippen LogP contribution in [-0.4, -0.2) is 26.2 Å². The minimum absolute atomic E-state index is 0. The number of nitrogens with one attached hydrogen (secondary N) is 2. The molecule has 2 heterocycles. The van der Waals surface area contributed by atoms with Gasteiger partial charge in [-0.2, -0.15) is 0 Å². The molecule has 7 heteroatoms. The maximum Gasteiger partial charge on any atom is 0.159 e. The Morgan fingerprint density at radius 2 is 1.85 bits per heavy atom. The third kappa shape index (κ3) is 3.76. The van der Waals surface area contributed by atoms with Gasteiger partial charge in [0.2, 0.25) is 0 Å². The minimum atomic E-state index is -0.829. The number of hydrogen-bond donors (Lipinski definition) is 2. The lowest BCUT2D eigenvalue weighted by molar-refractivity contribution is 0.507. The van der Waals surface area contributed by atoms with Crippen molar-refractivity contribution >= 4 is 34.8 Å². The van der Waals surface area contributed by atoms with Crippen LogP contribution in [0.4, 0.5) is 20.2 Å². The van der Waals surface area contributed by atoms with Crippen LogP contribution in [-0.2, 0) is 6.54 Å². The molecule has 0 saturated carbocycles. The van der Waals surface area contributed by atoms with Gasteiger partial charge in [-0.05, 0) is 35.9 Å². The van der Waals surface area contributed by atoms with Gasteiger partial charge < -0.3 is 20.0 Å². The molecule has 0 radical (unpaired) electrons. The summed E-state index contributed by atoms with van der Waals surface area (Å²) in [4.78, 5) is 2.30. The molecule has 0 spiro atoms. The monoisotopic (exact) mass is 379 g/mol. The highest BCUT2D eigenvalue weighted by Crippen LogP contribution is 2.32. The zero-order chi connectivity index (χ0) is 17.2. The van der Waals surface area contributed by atoms with Crippen LogP contribution < -0.4 is 15.5 Å². The summed E-state index contributed by atoms with van der Waals surface area (Å²) in [6.07, 6.45) is 1.69. The highest BCUT2D eigenvalue weighted by molar-refractivity contribution is 5.93. The predicted octanol–water partition coefficient (Wildman–Crippen LogP) is 4.15. The summed E-state index contributed by atoms with van der Waals surface area (Å²) < 4.78 is 32.1. The van der Waals surface area contributed by atoms with Crippen molar-refractivity contribution in [3.63, 3.8) is 0 Å². The van der Waals surface area contributed by atoms with Crippen molar-refractivity contribution in [1.82, 2.24) is 5.32 Å². The van der Waals surface area contributed by atoms with Gasteiger partial charge in [-0.25, -0.2) is 8.78 Å². The SMILES string of the molecule is Cl.Fc1ccc(CNc2cc(N3CCNCC3)c3occc3c2)cc1F. The van der Waals surface area contributed by atoms with Crippen LogP contribution in [0.15, 0.2) is 47.1 Å². The zero-order valence-electron chi connectivity index (χ0n) is 14.1. The van der Waals surface area contributed by atoms with Crippen LogP contribution in [0, 0.1) is 11.6 Å². The fourth-order valence-electron chi connectivity index (χ4n) is 3.16. The average molecular weight is 380 g/mol. The number of furan rings is 1. The van der Waals surface area contributed by atoms with E-state index in [-0.39, 0.29) is 12.4 Å². The summed E-state index contributed by atoms with van der Waals surface area (Å²) in [6, 6.07) is 9.94. The Morgan fingerprint density at radius 3 is 2.62 bits per heavy atom. The van der Waals surface area contributed by atoms with E-state index >= 15 is 0 Å². The van der Waals surface area contributed by atoms with E-state index in [2.05, 4.69) is 21.6 Å². The second-order valence-corrected chi connectivity index (χ2v) is 6.17. The van der Waals surface area contributed by atoms with Gasteiger partial charge in [0, 0.05) is 43.8 Å². The van der Waals surface area contributed by atoms with Crippen LogP contribution in [0.25, 0.3) is 11.0 Å². The molecule has 1 saturated heterocycles. The summed E-state index contributed by atoms with van der Waals surface area (Å²) in [5.74, 6) is -1.66. The molecule has 1 aromatic heterocycles. The van der Waals surface area contributed by atoms with Crippen LogP contribution in [0.3, 0.4) is 0 Å². The van der Waals surface area contributed by atoms with Crippen LogP contribution in [0.1, 0.15) is 5.56 Å². The summed E-state index contributed by atoms with van der Waals surface area (Å²) >= 11 is 0. The summed E-state index contributed by atoms with van der Waals surface area (Å²) in [5.41, 5.74) is 3.54. The van der Waals surface area contributed by atoms with Crippen molar-refractivity contribution in [2.24, 2.45) is 0 Å². The Balaban J connectivity index is 0.00000196. The Bertz CT molecular complexity index is 894. The van der Waals surface area contributed by atoms with Crippen molar-refractivity contribution < 1.29 is 13.2 Å². The zero-order valence-corrected chi connectivity index (χ0v) is 14.9. The number of fused-ring (bicyclic) bond motifs is 1. The molecule has 0 amide bonds. The average Bonchev–Trinajstić information content (AvgIpc) is 3.11. The maximum absolute atomic E-state index is 13.4. The summed E-state index contributed by atoms with van der Waals surface area (Å²) in [6.45, 7) is 4.13. The van der Waals surface area contributed by atoms with E-state index in [4.69, 9.17) is 4.42 Å². The van der Waals surface area contributed by atoms with Gasteiger partial charge in [-0.1, -0.05) is 6.07 Å². The van der Waals surface area contributed by atoms with E-state index in [0.717, 1.165) is 54.6 Å². The van der Waals surface area contributed by atoms with Gasteiger partial charge in [-0.15, -0.1) is 12.4 Å². The standard InChI is InChI=1S/C19H19F2N3O.ClH/c20-16-2-1-13(9-17(16)21)12-23-15-10-14-3-8-25-19(14)18(11-15)24-6-4-22-5-7-24;/h1-3,8-11,22-23H,4-7,12H2;1H. The Hall–Kier alpha value is -2.31. The van der Waals surface area contributed by atoms with Crippen molar-refractivity contribution in [3.05, 3.63) is 59.9 Å². The molecule has 3 aromatic rings.